The van der Waals surface area contributed by atoms with E-state index in [0.29, 0.717) is 0 Å². The molecule has 0 aromatic heterocycles. The summed E-state index contributed by atoms with van der Waals surface area (Å²) in [4.78, 5) is 19.5. The molecule has 8 nitrogen and oxygen atoms in total. The highest BCUT2D eigenvalue weighted by Crippen LogP contribution is 2.31. The zero-order valence-electron chi connectivity index (χ0n) is 16.3. The van der Waals surface area contributed by atoms with Gasteiger partial charge >= 0.3 is 11.9 Å². The second-order valence-electron chi connectivity index (χ2n) is 7.05. The number of aliphatic hydroxyl groups excluding tert-OH is 3. The van der Waals surface area contributed by atoms with Crippen molar-refractivity contribution in [1.29, 1.82) is 0 Å². The molecule has 1 fully saturated rings. The summed E-state index contributed by atoms with van der Waals surface area (Å²) in [7, 11) is 0. The smallest absolute Gasteiger partial charge is 0.335 e. The van der Waals surface area contributed by atoms with E-state index in [1.54, 1.807) is 0 Å². The Balaban J connectivity index is 0.000000274. The average Bonchev–Trinajstić information content (AvgIpc) is 2.76. The van der Waals surface area contributed by atoms with Crippen molar-refractivity contribution >= 4 is 11.9 Å². The van der Waals surface area contributed by atoms with Crippen LogP contribution in [0.1, 0.15) is 29.9 Å². The first-order chi connectivity index (χ1) is 14.3. The Kier molecular flexibility index (Phi) is 8.94. The van der Waals surface area contributed by atoms with E-state index in [9.17, 15) is 14.7 Å². The number of carboxylic acid groups (broad SMARTS) is 2. The van der Waals surface area contributed by atoms with Crippen LogP contribution in [0, 0.1) is 0 Å². The first-order valence-electron chi connectivity index (χ1n) is 9.66. The van der Waals surface area contributed by atoms with E-state index >= 15 is 0 Å². The van der Waals surface area contributed by atoms with Crippen LogP contribution in [0.2, 0.25) is 0 Å². The summed E-state index contributed by atoms with van der Waals surface area (Å²) in [6.07, 6.45) is -2.88. The maximum atomic E-state index is 10.4. The molecule has 0 bridgehead atoms. The van der Waals surface area contributed by atoms with Gasteiger partial charge in [-0.2, -0.15) is 0 Å². The van der Waals surface area contributed by atoms with Crippen LogP contribution in [0.4, 0.5) is 0 Å². The zero-order valence-corrected chi connectivity index (χ0v) is 16.3. The van der Waals surface area contributed by atoms with Crippen LogP contribution in [0.25, 0.3) is 0 Å². The minimum Gasteiger partial charge on any atom is -0.479 e. The van der Waals surface area contributed by atoms with Crippen molar-refractivity contribution in [3.05, 3.63) is 71.8 Å². The molecule has 2 aromatic rings. The largest absolute Gasteiger partial charge is 0.479 e. The lowest BCUT2D eigenvalue weighted by Gasteiger charge is -2.36. The van der Waals surface area contributed by atoms with Gasteiger partial charge in [0.25, 0.3) is 0 Å². The van der Waals surface area contributed by atoms with Gasteiger partial charge in [0.1, 0.15) is 0 Å². The monoisotopic (exact) mass is 417 g/mol. The first-order valence-corrected chi connectivity index (χ1v) is 9.66. The van der Waals surface area contributed by atoms with Crippen molar-refractivity contribution in [2.75, 3.05) is 6.54 Å². The average molecular weight is 417 g/mol. The Morgan fingerprint density at radius 3 is 1.63 bits per heavy atom. The van der Waals surface area contributed by atoms with Crippen LogP contribution < -0.4 is 5.32 Å². The Morgan fingerprint density at radius 1 is 0.833 bits per heavy atom. The molecule has 1 aliphatic heterocycles. The molecule has 4 atom stereocenters. The molecule has 1 saturated heterocycles. The summed E-state index contributed by atoms with van der Waals surface area (Å²) < 4.78 is 0. The van der Waals surface area contributed by atoms with Crippen molar-refractivity contribution in [3.63, 3.8) is 0 Å². The Bertz CT molecular complexity index is 742. The fraction of sp³-hybridized carbons (Fsp3) is 0.364. The first kappa shape index (κ1) is 23.5. The second kappa shape index (κ2) is 11.4. The number of nitrogens with one attached hydrogen (secondary N) is 1. The van der Waals surface area contributed by atoms with Crippen molar-refractivity contribution in [2.24, 2.45) is 0 Å². The Labute approximate surface area is 174 Å². The molecule has 162 valence electrons. The summed E-state index contributed by atoms with van der Waals surface area (Å²) in [5.41, 5.74) is 2.52. The SMILES string of the molecule is O=C(O)C(O)C(O)C(=O)O.OC1CCCNC1C(c1ccccc1)c1ccccc1. The minimum absolute atomic E-state index is 0.0912. The molecule has 1 aliphatic rings. The molecule has 0 saturated carbocycles. The van der Waals surface area contributed by atoms with E-state index in [-0.39, 0.29) is 18.1 Å². The van der Waals surface area contributed by atoms with E-state index in [0.717, 1.165) is 19.4 Å². The Morgan fingerprint density at radius 2 is 1.27 bits per heavy atom. The molecule has 4 unspecified atom stereocenters. The fourth-order valence-corrected chi connectivity index (χ4v) is 3.43. The fourth-order valence-electron chi connectivity index (χ4n) is 3.43. The third-order valence-electron chi connectivity index (χ3n) is 4.95. The number of carboxylic acids is 2. The standard InChI is InChI=1S/C18H21NO.C4H6O6/c20-16-12-7-13-19-18(16)17(14-8-3-1-4-9-14)15-10-5-2-6-11-15;5-1(3(7)8)2(6)4(9)10/h1-6,8-11,16-20H,7,12-13H2;1-2,5-6H,(H,7,8)(H,9,10). The Hall–Kier alpha value is -2.78. The highest BCUT2D eigenvalue weighted by atomic mass is 16.4. The molecule has 0 aliphatic carbocycles. The molecular formula is C22H27NO7. The lowest BCUT2D eigenvalue weighted by Crippen LogP contribution is -2.48. The topological polar surface area (TPSA) is 147 Å². The summed E-state index contributed by atoms with van der Waals surface area (Å²) in [6.45, 7) is 0.984. The normalized spacial score (nSPS) is 20.5. The van der Waals surface area contributed by atoms with E-state index in [2.05, 4.69) is 53.8 Å². The van der Waals surface area contributed by atoms with Gasteiger partial charge in [-0.3, -0.25) is 0 Å². The molecular weight excluding hydrogens is 390 g/mol. The minimum atomic E-state index is -2.27. The van der Waals surface area contributed by atoms with E-state index in [4.69, 9.17) is 20.4 Å². The van der Waals surface area contributed by atoms with Gasteiger partial charge in [0.15, 0.2) is 12.2 Å². The summed E-state index contributed by atoms with van der Waals surface area (Å²) in [5.74, 6) is -3.34. The van der Waals surface area contributed by atoms with Gasteiger partial charge in [-0.25, -0.2) is 9.59 Å². The van der Waals surface area contributed by atoms with Crippen LogP contribution in [-0.4, -0.2) is 68.4 Å². The third kappa shape index (κ3) is 6.36. The van der Waals surface area contributed by atoms with Gasteiger partial charge in [0.2, 0.25) is 0 Å². The van der Waals surface area contributed by atoms with E-state index in [1.807, 2.05) is 12.1 Å². The maximum Gasteiger partial charge on any atom is 0.335 e. The number of rotatable bonds is 6. The van der Waals surface area contributed by atoms with Gasteiger partial charge in [0, 0.05) is 12.0 Å². The number of aliphatic carboxylic acids is 2. The number of benzene rings is 2. The molecule has 0 amide bonds. The molecule has 8 heteroatoms. The highest BCUT2D eigenvalue weighted by molar-refractivity contribution is 5.83. The predicted octanol–water partition coefficient (Wildman–Crippen LogP) is 0.809. The molecule has 0 radical (unpaired) electrons. The van der Waals surface area contributed by atoms with Gasteiger partial charge in [-0.05, 0) is 30.5 Å². The van der Waals surface area contributed by atoms with Gasteiger partial charge < -0.3 is 30.8 Å². The summed E-state index contributed by atoms with van der Waals surface area (Å²) in [6, 6.07) is 21.1. The summed E-state index contributed by atoms with van der Waals surface area (Å²) in [5, 5.41) is 46.4. The van der Waals surface area contributed by atoms with Crippen molar-refractivity contribution in [1.82, 2.24) is 5.32 Å². The highest BCUT2D eigenvalue weighted by Gasteiger charge is 2.32. The van der Waals surface area contributed by atoms with Crippen LogP contribution in [0.3, 0.4) is 0 Å². The van der Waals surface area contributed by atoms with Crippen molar-refractivity contribution < 1.29 is 35.1 Å². The second-order valence-corrected chi connectivity index (χ2v) is 7.05. The lowest BCUT2D eigenvalue weighted by atomic mass is 9.80. The number of hydrogen-bond donors (Lipinski definition) is 6. The quantitative estimate of drug-likeness (QED) is 0.405. The maximum absolute atomic E-state index is 10.4. The zero-order chi connectivity index (χ0) is 22.1. The number of piperidine rings is 1. The molecule has 0 spiro atoms. The molecule has 1 heterocycles. The van der Waals surface area contributed by atoms with E-state index < -0.39 is 24.1 Å². The number of hydrogen-bond acceptors (Lipinski definition) is 6. The molecule has 30 heavy (non-hydrogen) atoms. The third-order valence-corrected chi connectivity index (χ3v) is 4.95. The summed E-state index contributed by atoms with van der Waals surface area (Å²) >= 11 is 0. The predicted molar refractivity (Wildman–Crippen MR) is 109 cm³/mol. The van der Waals surface area contributed by atoms with Gasteiger partial charge in [-0.15, -0.1) is 0 Å². The van der Waals surface area contributed by atoms with Crippen LogP contribution in [0.15, 0.2) is 60.7 Å². The van der Waals surface area contributed by atoms with Crippen LogP contribution in [0.5, 0.6) is 0 Å². The van der Waals surface area contributed by atoms with E-state index in [1.165, 1.54) is 11.1 Å². The molecule has 3 rings (SSSR count). The number of carbonyl (C=O) groups is 2. The van der Waals surface area contributed by atoms with Crippen molar-refractivity contribution in [2.45, 2.75) is 43.1 Å². The van der Waals surface area contributed by atoms with Gasteiger partial charge in [-0.1, -0.05) is 60.7 Å². The number of aliphatic hydroxyl groups is 3. The molecule has 2 aromatic carbocycles. The lowest BCUT2D eigenvalue weighted by molar-refractivity contribution is -0.165. The van der Waals surface area contributed by atoms with Gasteiger partial charge in [0.05, 0.1) is 6.10 Å². The van der Waals surface area contributed by atoms with Crippen molar-refractivity contribution in [3.8, 4) is 0 Å². The van der Waals surface area contributed by atoms with Crippen LogP contribution in [-0.2, 0) is 9.59 Å². The van der Waals surface area contributed by atoms with Crippen LogP contribution >= 0.6 is 0 Å². The molecule has 6 N–H and O–H groups in total.